The zero-order chi connectivity index (χ0) is 19.0. The highest BCUT2D eigenvalue weighted by Crippen LogP contribution is 2.26. The van der Waals surface area contributed by atoms with Crippen LogP contribution in [0.25, 0.3) is 16.7 Å². The van der Waals surface area contributed by atoms with E-state index < -0.39 is 0 Å². The molecule has 0 aliphatic rings. The van der Waals surface area contributed by atoms with Crippen molar-refractivity contribution in [3.05, 3.63) is 82.2 Å². The molecule has 2 aromatic heterocycles. The Morgan fingerprint density at radius 1 is 1.15 bits per heavy atom. The predicted molar refractivity (Wildman–Crippen MR) is 110 cm³/mol. The van der Waals surface area contributed by atoms with E-state index >= 15 is 0 Å². The van der Waals surface area contributed by atoms with Crippen molar-refractivity contribution in [3.63, 3.8) is 0 Å². The van der Waals surface area contributed by atoms with Gasteiger partial charge in [-0.25, -0.2) is 0 Å². The van der Waals surface area contributed by atoms with Gasteiger partial charge < -0.3 is 0 Å². The van der Waals surface area contributed by atoms with E-state index in [2.05, 4.69) is 48.8 Å². The lowest BCUT2D eigenvalue weighted by atomic mass is 10.1. The fourth-order valence-corrected chi connectivity index (χ4v) is 4.22. The average Bonchev–Trinajstić information content (AvgIpc) is 3.10. The van der Waals surface area contributed by atoms with E-state index in [1.165, 1.54) is 16.7 Å². The molecule has 6 heteroatoms. The van der Waals surface area contributed by atoms with Crippen molar-refractivity contribution in [1.29, 1.82) is 0 Å². The molecular weight excluding hydrogens is 356 g/mol. The lowest BCUT2D eigenvalue weighted by molar-refractivity contribution is 0.783. The highest BCUT2D eigenvalue weighted by Gasteiger charge is 2.16. The fourth-order valence-electron chi connectivity index (χ4n) is 3.22. The third kappa shape index (κ3) is 3.06. The van der Waals surface area contributed by atoms with Crippen molar-refractivity contribution in [2.45, 2.75) is 31.3 Å². The van der Waals surface area contributed by atoms with Gasteiger partial charge in [0, 0.05) is 12.3 Å². The quantitative estimate of drug-likeness (QED) is 0.388. The van der Waals surface area contributed by atoms with Crippen LogP contribution in [0.2, 0.25) is 0 Å². The summed E-state index contributed by atoms with van der Waals surface area (Å²) in [7, 11) is 0. The van der Waals surface area contributed by atoms with Crippen LogP contribution in [0.5, 0.6) is 0 Å². The SMILES string of the molecule is C=CCn1c(=O)c2ccccc2n2c(SCc3cc(C)ccc3C)nnc12. The van der Waals surface area contributed by atoms with Crippen molar-refractivity contribution >= 4 is 28.4 Å². The molecule has 0 unspecified atom stereocenters. The molecule has 2 heterocycles. The van der Waals surface area contributed by atoms with Crippen molar-refractivity contribution in [2.75, 3.05) is 0 Å². The van der Waals surface area contributed by atoms with Crippen molar-refractivity contribution in [3.8, 4) is 0 Å². The van der Waals surface area contributed by atoms with E-state index in [4.69, 9.17) is 0 Å². The van der Waals surface area contributed by atoms with Gasteiger partial charge in [0.25, 0.3) is 5.56 Å². The minimum absolute atomic E-state index is 0.0727. The smallest absolute Gasteiger partial charge is 0.263 e. The van der Waals surface area contributed by atoms with Crippen LogP contribution in [-0.2, 0) is 12.3 Å². The van der Waals surface area contributed by atoms with E-state index in [0.29, 0.717) is 17.7 Å². The molecule has 2 aromatic carbocycles. The number of aromatic nitrogens is 4. The minimum atomic E-state index is -0.0727. The number of fused-ring (bicyclic) bond motifs is 3. The Hall–Kier alpha value is -2.86. The summed E-state index contributed by atoms with van der Waals surface area (Å²) in [5.41, 5.74) is 4.53. The molecule has 5 nitrogen and oxygen atoms in total. The van der Waals surface area contributed by atoms with E-state index in [-0.39, 0.29) is 5.56 Å². The summed E-state index contributed by atoms with van der Waals surface area (Å²) in [6.07, 6.45) is 1.70. The van der Waals surface area contributed by atoms with Crippen molar-refractivity contribution in [2.24, 2.45) is 0 Å². The molecule has 0 aliphatic carbocycles. The van der Waals surface area contributed by atoms with Crippen LogP contribution in [0.15, 0.2) is 65.1 Å². The summed E-state index contributed by atoms with van der Waals surface area (Å²) in [5, 5.41) is 10.1. The molecule has 0 N–H and O–H groups in total. The number of thioether (sulfide) groups is 1. The second-order valence-corrected chi connectivity index (χ2v) is 7.50. The molecule has 0 saturated heterocycles. The standard InChI is InChI=1S/C21H20N4OS/c1-4-11-24-19(26)17-7-5-6-8-18(17)25-20(24)22-23-21(25)27-13-16-12-14(2)9-10-15(16)3/h4-10,12H,1,11,13H2,2-3H3. The van der Waals surface area contributed by atoms with Gasteiger partial charge in [0.15, 0.2) is 5.16 Å². The number of aryl methyl sites for hydroxylation is 2. The molecule has 27 heavy (non-hydrogen) atoms. The molecule has 0 amide bonds. The summed E-state index contributed by atoms with van der Waals surface area (Å²) in [4.78, 5) is 12.8. The van der Waals surface area contributed by atoms with Crippen LogP contribution < -0.4 is 5.56 Å². The van der Waals surface area contributed by atoms with Gasteiger partial charge in [0.05, 0.1) is 10.9 Å². The van der Waals surface area contributed by atoms with E-state index in [1.54, 1.807) is 22.4 Å². The van der Waals surface area contributed by atoms with Gasteiger partial charge >= 0.3 is 0 Å². The summed E-state index contributed by atoms with van der Waals surface area (Å²) >= 11 is 1.63. The topological polar surface area (TPSA) is 52.2 Å². The Kier molecular flexibility index (Phi) is 4.58. The Labute approximate surface area is 161 Å². The lowest BCUT2D eigenvalue weighted by Crippen LogP contribution is -2.22. The van der Waals surface area contributed by atoms with Gasteiger partial charge in [-0.15, -0.1) is 16.8 Å². The van der Waals surface area contributed by atoms with Gasteiger partial charge in [-0.1, -0.05) is 53.7 Å². The second-order valence-electron chi connectivity index (χ2n) is 6.56. The van der Waals surface area contributed by atoms with Gasteiger partial charge in [-0.05, 0) is 37.1 Å². The fraction of sp³-hybridized carbons (Fsp3) is 0.190. The summed E-state index contributed by atoms with van der Waals surface area (Å²) in [6.45, 7) is 8.38. The third-order valence-electron chi connectivity index (χ3n) is 4.65. The first-order chi connectivity index (χ1) is 13.1. The third-order valence-corrected chi connectivity index (χ3v) is 5.63. The molecular formula is C21H20N4OS. The highest BCUT2D eigenvalue weighted by molar-refractivity contribution is 7.98. The van der Waals surface area contributed by atoms with Gasteiger partial charge in [-0.2, -0.15) is 0 Å². The Morgan fingerprint density at radius 3 is 2.78 bits per heavy atom. The average molecular weight is 376 g/mol. The molecule has 0 fully saturated rings. The summed E-state index contributed by atoms with van der Waals surface area (Å²) < 4.78 is 3.58. The van der Waals surface area contributed by atoms with Gasteiger partial charge in [0.1, 0.15) is 0 Å². The molecule has 0 bridgehead atoms. The second kappa shape index (κ2) is 7.04. The minimum Gasteiger partial charge on any atom is -0.272 e. The number of nitrogens with zero attached hydrogens (tertiary/aromatic N) is 4. The first-order valence-electron chi connectivity index (χ1n) is 8.76. The van der Waals surface area contributed by atoms with Crippen LogP contribution >= 0.6 is 11.8 Å². The van der Waals surface area contributed by atoms with Crippen LogP contribution in [0.4, 0.5) is 0 Å². The Bertz CT molecular complexity index is 1220. The largest absolute Gasteiger partial charge is 0.272 e. The van der Waals surface area contributed by atoms with Crippen molar-refractivity contribution < 1.29 is 0 Å². The predicted octanol–water partition coefficient (Wildman–Crippen LogP) is 4.14. The van der Waals surface area contributed by atoms with Crippen LogP contribution in [-0.4, -0.2) is 19.2 Å². The van der Waals surface area contributed by atoms with E-state index in [9.17, 15) is 4.79 Å². The zero-order valence-electron chi connectivity index (χ0n) is 15.3. The van der Waals surface area contributed by atoms with Crippen LogP contribution in [0.1, 0.15) is 16.7 Å². The van der Waals surface area contributed by atoms with E-state index in [0.717, 1.165) is 16.4 Å². The molecule has 136 valence electrons. The summed E-state index contributed by atoms with van der Waals surface area (Å²) in [5.74, 6) is 1.34. The molecule has 4 rings (SSSR count). The van der Waals surface area contributed by atoms with Gasteiger partial charge in [0.2, 0.25) is 5.78 Å². The maximum atomic E-state index is 12.8. The zero-order valence-corrected chi connectivity index (χ0v) is 16.2. The maximum Gasteiger partial charge on any atom is 0.263 e. The maximum absolute atomic E-state index is 12.8. The molecule has 0 radical (unpaired) electrons. The van der Waals surface area contributed by atoms with E-state index in [1.807, 2.05) is 28.7 Å². The first-order valence-corrected chi connectivity index (χ1v) is 9.75. The Balaban J connectivity index is 1.86. The number of hydrogen-bond donors (Lipinski definition) is 0. The van der Waals surface area contributed by atoms with Crippen LogP contribution in [0.3, 0.4) is 0 Å². The normalized spacial score (nSPS) is 11.3. The molecule has 0 atom stereocenters. The first kappa shape index (κ1) is 17.5. The molecule has 0 saturated carbocycles. The number of para-hydroxylation sites is 1. The summed E-state index contributed by atoms with van der Waals surface area (Å²) in [6, 6.07) is 14.1. The van der Waals surface area contributed by atoms with Gasteiger partial charge in [-0.3, -0.25) is 13.8 Å². The monoisotopic (exact) mass is 376 g/mol. The molecule has 0 aliphatic heterocycles. The Morgan fingerprint density at radius 2 is 1.96 bits per heavy atom. The molecule has 0 spiro atoms. The molecule has 4 aromatic rings. The van der Waals surface area contributed by atoms with Crippen LogP contribution in [0, 0.1) is 13.8 Å². The number of benzene rings is 2. The number of rotatable bonds is 5. The number of allylic oxidation sites excluding steroid dienone is 1. The van der Waals surface area contributed by atoms with Crippen molar-refractivity contribution in [1.82, 2.24) is 19.2 Å². The lowest BCUT2D eigenvalue weighted by Gasteiger charge is -2.10. The number of hydrogen-bond acceptors (Lipinski definition) is 4. The highest BCUT2D eigenvalue weighted by atomic mass is 32.2.